The van der Waals surface area contributed by atoms with Gasteiger partial charge in [-0.1, -0.05) is 6.07 Å². The van der Waals surface area contributed by atoms with Gasteiger partial charge in [0, 0.05) is 32.7 Å². The van der Waals surface area contributed by atoms with E-state index in [2.05, 4.69) is 34.6 Å². The Morgan fingerprint density at radius 3 is 2.67 bits per heavy atom. The van der Waals surface area contributed by atoms with Crippen LogP contribution < -0.4 is 20.1 Å². The summed E-state index contributed by atoms with van der Waals surface area (Å²) in [6.45, 7) is 12.4. The van der Waals surface area contributed by atoms with Crippen LogP contribution in [0.3, 0.4) is 0 Å². The Kier molecular flexibility index (Phi) is 12.1. The average Bonchev–Trinajstić information content (AvgIpc) is 2.77. The third-order valence-corrected chi connectivity index (χ3v) is 5.06. The first-order valence-electron chi connectivity index (χ1n) is 11.4. The van der Waals surface area contributed by atoms with Gasteiger partial charge in [-0.2, -0.15) is 0 Å². The van der Waals surface area contributed by atoms with Crippen LogP contribution in [0.5, 0.6) is 11.5 Å². The van der Waals surface area contributed by atoms with E-state index in [1.807, 2.05) is 13.0 Å². The summed E-state index contributed by atoms with van der Waals surface area (Å²) >= 11 is 0. The van der Waals surface area contributed by atoms with Crippen molar-refractivity contribution in [1.82, 2.24) is 15.5 Å². The van der Waals surface area contributed by atoms with Crippen molar-refractivity contribution in [3.05, 3.63) is 23.8 Å². The fourth-order valence-electron chi connectivity index (χ4n) is 3.45. The third kappa shape index (κ3) is 9.22. The molecule has 1 aliphatic rings. The molecule has 0 bridgehead atoms. The summed E-state index contributed by atoms with van der Waals surface area (Å²) in [5, 5.41) is 6.80. The molecule has 1 heterocycles. The molecule has 2 rings (SSSR count). The summed E-state index contributed by atoms with van der Waals surface area (Å²) < 4.78 is 16.4. The van der Waals surface area contributed by atoms with Crippen molar-refractivity contribution < 1.29 is 14.2 Å². The first-order chi connectivity index (χ1) is 14.8. The van der Waals surface area contributed by atoms with Gasteiger partial charge in [0.15, 0.2) is 17.5 Å². The fourth-order valence-corrected chi connectivity index (χ4v) is 3.45. The minimum Gasteiger partial charge on any atom is -0.493 e. The number of aryl methyl sites for hydroxylation is 1. The van der Waals surface area contributed by atoms with Crippen molar-refractivity contribution in [2.24, 2.45) is 4.99 Å². The molecular weight excluding hydrogens is 380 g/mol. The van der Waals surface area contributed by atoms with Crippen LogP contribution in [0, 0.1) is 0 Å². The highest BCUT2D eigenvalue weighted by atomic mass is 16.5. The molecule has 0 amide bonds. The minimum atomic E-state index is 0.633. The molecule has 1 aromatic rings. The molecule has 0 aromatic heterocycles. The van der Waals surface area contributed by atoms with E-state index in [9.17, 15) is 0 Å². The molecule has 30 heavy (non-hydrogen) atoms. The van der Waals surface area contributed by atoms with E-state index in [0.29, 0.717) is 6.61 Å². The topological polar surface area (TPSA) is 67.4 Å². The van der Waals surface area contributed by atoms with Crippen molar-refractivity contribution in [2.45, 2.75) is 39.5 Å². The van der Waals surface area contributed by atoms with Crippen LogP contribution in [-0.2, 0) is 11.2 Å². The monoisotopic (exact) mass is 420 g/mol. The van der Waals surface area contributed by atoms with Crippen LogP contribution in [0.1, 0.15) is 38.7 Å². The maximum Gasteiger partial charge on any atom is 0.191 e. The van der Waals surface area contributed by atoms with Crippen molar-refractivity contribution in [3.63, 3.8) is 0 Å². The molecule has 0 unspecified atom stereocenters. The lowest BCUT2D eigenvalue weighted by atomic mass is 10.1. The number of unbranched alkanes of at least 4 members (excludes halogenated alkanes) is 1. The second-order valence-electron chi connectivity index (χ2n) is 7.37. The molecule has 0 saturated carbocycles. The highest BCUT2D eigenvalue weighted by Crippen LogP contribution is 2.28. The zero-order chi connectivity index (χ0) is 21.4. The Morgan fingerprint density at radius 2 is 1.93 bits per heavy atom. The van der Waals surface area contributed by atoms with Gasteiger partial charge >= 0.3 is 0 Å². The first-order valence-corrected chi connectivity index (χ1v) is 11.4. The number of nitrogens with zero attached hydrogens (tertiary/aromatic N) is 2. The van der Waals surface area contributed by atoms with Gasteiger partial charge < -0.3 is 24.8 Å². The number of guanidine groups is 1. The van der Waals surface area contributed by atoms with E-state index in [0.717, 1.165) is 89.2 Å². The third-order valence-electron chi connectivity index (χ3n) is 5.06. The van der Waals surface area contributed by atoms with Crippen LogP contribution >= 0.6 is 0 Å². The Labute approximate surface area is 182 Å². The number of rotatable bonds is 13. The zero-order valence-electron chi connectivity index (χ0n) is 19.0. The van der Waals surface area contributed by atoms with Gasteiger partial charge in [-0.25, -0.2) is 0 Å². The summed E-state index contributed by atoms with van der Waals surface area (Å²) in [6.07, 6.45) is 4.30. The largest absolute Gasteiger partial charge is 0.493 e. The summed E-state index contributed by atoms with van der Waals surface area (Å²) in [5.74, 6) is 2.51. The van der Waals surface area contributed by atoms with Gasteiger partial charge in [0.25, 0.3) is 0 Å². The Balaban J connectivity index is 1.67. The molecular formula is C23H40N4O3. The average molecular weight is 421 g/mol. The Morgan fingerprint density at radius 1 is 1.10 bits per heavy atom. The number of hydrogen-bond donors (Lipinski definition) is 2. The molecule has 0 spiro atoms. The van der Waals surface area contributed by atoms with Gasteiger partial charge in [0.05, 0.1) is 26.9 Å². The molecule has 0 atom stereocenters. The number of hydrogen-bond acceptors (Lipinski definition) is 5. The lowest BCUT2D eigenvalue weighted by molar-refractivity contribution is 0.0372. The number of methoxy groups -OCH3 is 1. The standard InChI is InChI=1S/C23H40N4O3/c1-4-24-23(25-12-6-7-14-27-15-17-29-18-16-27)26-13-8-9-20-10-11-21(28-3)22(19-20)30-5-2/h10-11,19H,4-9,12-18H2,1-3H3,(H2,24,25,26). The number of benzene rings is 1. The second kappa shape index (κ2) is 14.9. The van der Waals surface area contributed by atoms with E-state index < -0.39 is 0 Å². The molecule has 1 aliphatic heterocycles. The lowest BCUT2D eigenvalue weighted by Crippen LogP contribution is -2.39. The molecule has 0 radical (unpaired) electrons. The molecule has 1 aromatic carbocycles. The highest BCUT2D eigenvalue weighted by Gasteiger charge is 2.09. The lowest BCUT2D eigenvalue weighted by Gasteiger charge is -2.26. The van der Waals surface area contributed by atoms with Crippen LogP contribution in [0.15, 0.2) is 23.2 Å². The van der Waals surface area contributed by atoms with Crippen LogP contribution in [0.4, 0.5) is 0 Å². The Bertz CT molecular complexity index is 618. The minimum absolute atomic E-state index is 0.633. The van der Waals surface area contributed by atoms with E-state index in [4.69, 9.17) is 19.2 Å². The molecule has 1 saturated heterocycles. The van der Waals surface area contributed by atoms with Crippen LogP contribution in [-0.4, -0.2) is 77.1 Å². The van der Waals surface area contributed by atoms with E-state index in [1.165, 1.54) is 12.0 Å². The number of ether oxygens (including phenoxy) is 3. The van der Waals surface area contributed by atoms with Gasteiger partial charge in [-0.15, -0.1) is 0 Å². The van der Waals surface area contributed by atoms with Gasteiger partial charge in [-0.3, -0.25) is 9.89 Å². The SMILES string of the molecule is CCNC(=NCCCc1ccc(OC)c(OCC)c1)NCCCCN1CCOCC1. The van der Waals surface area contributed by atoms with Gasteiger partial charge in [0.1, 0.15) is 0 Å². The maximum atomic E-state index is 5.67. The van der Waals surface area contributed by atoms with Crippen molar-refractivity contribution in [1.29, 1.82) is 0 Å². The fraction of sp³-hybridized carbons (Fsp3) is 0.696. The molecule has 1 fully saturated rings. The number of aliphatic imine (C=N–C) groups is 1. The van der Waals surface area contributed by atoms with Crippen LogP contribution in [0.2, 0.25) is 0 Å². The van der Waals surface area contributed by atoms with E-state index in [1.54, 1.807) is 7.11 Å². The van der Waals surface area contributed by atoms with Gasteiger partial charge in [-0.05, 0) is 63.8 Å². The molecule has 7 nitrogen and oxygen atoms in total. The van der Waals surface area contributed by atoms with E-state index >= 15 is 0 Å². The number of nitrogens with one attached hydrogen (secondary N) is 2. The van der Waals surface area contributed by atoms with Gasteiger partial charge in [0.2, 0.25) is 0 Å². The summed E-state index contributed by atoms with van der Waals surface area (Å²) in [5.41, 5.74) is 1.25. The first kappa shape index (κ1) is 24.3. The quantitative estimate of drug-likeness (QED) is 0.291. The highest BCUT2D eigenvalue weighted by molar-refractivity contribution is 5.79. The van der Waals surface area contributed by atoms with Crippen molar-refractivity contribution in [2.75, 3.05) is 66.2 Å². The predicted molar refractivity (Wildman–Crippen MR) is 123 cm³/mol. The van der Waals surface area contributed by atoms with Crippen LogP contribution in [0.25, 0.3) is 0 Å². The maximum absolute atomic E-state index is 5.67. The Hall–Kier alpha value is -1.99. The second-order valence-corrected chi connectivity index (χ2v) is 7.37. The summed E-state index contributed by atoms with van der Waals surface area (Å²) in [6, 6.07) is 6.15. The number of morpholine rings is 1. The predicted octanol–water partition coefficient (Wildman–Crippen LogP) is 2.69. The summed E-state index contributed by atoms with van der Waals surface area (Å²) in [4.78, 5) is 7.21. The smallest absolute Gasteiger partial charge is 0.191 e. The van der Waals surface area contributed by atoms with Crippen molar-refractivity contribution in [3.8, 4) is 11.5 Å². The molecule has 170 valence electrons. The molecule has 0 aliphatic carbocycles. The molecule has 2 N–H and O–H groups in total. The van der Waals surface area contributed by atoms with Crippen molar-refractivity contribution >= 4 is 5.96 Å². The van der Waals surface area contributed by atoms with E-state index in [-0.39, 0.29) is 0 Å². The molecule has 7 heteroatoms. The zero-order valence-corrected chi connectivity index (χ0v) is 19.0. The normalized spacial score (nSPS) is 15.1. The summed E-state index contributed by atoms with van der Waals surface area (Å²) in [7, 11) is 1.67.